The van der Waals surface area contributed by atoms with Gasteiger partial charge in [-0.3, -0.25) is 4.79 Å². The molecule has 0 aromatic heterocycles. The first-order valence-electron chi connectivity index (χ1n) is 12.4. The predicted molar refractivity (Wildman–Crippen MR) is 139 cm³/mol. The molecule has 2 heterocycles. The number of amides is 1. The van der Waals surface area contributed by atoms with Gasteiger partial charge in [-0.2, -0.15) is 0 Å². The van der Waals surface area contributed by atoms with Crippen LogP contribution in [-0.4, -0.2) is 50.1 Å². The maximum absolute atomic E-state index is 13.0. The van der Waals surface area contributed by atoms with Crippen molar-refractivity contribution >= 4 is 17.3 Å². The second-order valence-electron chi connectivity index (χ2n) is 9.44. The summed E-state index contributed by atoms with van der Waals surface area (Å²) in [7, 11) is 0. The number of piperidine rings is 1. The number of benzene rings is 3. The fourth-order valence-electron chi connectivity index (χ4n) is 5.53. The molecule has 5 heteroatoms. The average Bonchev–Trinajstić information content (AvgIpc) is 2.91. The van der Waals surface area contributed by atoms with Gasteiger partial charge in [0.15, 0.2) is 0 Å². The highest BCUT2D eigenvalue weighted by Crippen LogP contribution is 2.39. The van der Waals surface area contributed by atoms with Crippen LogP contribution in [0.25, 0.3) is 0 Å². The molecule has 2 fully saturated rings. The lowest BCUT2D eigenvalue weighted by Crippen LogP contribution is -2.46. The maximum Gasteiger partial charge on any atom is 0.254 e. The molecule has 0 radical (unpaired) electrons. The van der Waals surface area contributed by atoms with Crippen molar-refractivity contribution in [3.05, 3.63) is 95.6 Å². The molecule has 3 aromatic carbocycles. The lowest BCUT2D eigenvalue weighted by Gasteiger charge is -2.38. The number of nitrogens with one attached hydrogen (secondary N) is 1. The first-order chi connectivity index (χ1) is 16.7. The Balaban J connectivity index is 1.33. The quantitative estimate of drug-likeness (QED) is 0.562. The number of anilines is 2. The Morgan fingerprint density at radius 1 is 0.824 bits per heavy atom. The number of carbonyl (C=O) groups is 1. The van der Waals surface area contributed by atoms with E-state index >= 15 is 0 Å². The summed E-state index contributed by atoms with van der Waals surface area (Å²) in [5, 5.41) is 3.31. The number of nitrogen functional groups attached to an aromatic ring is 1. The van der Waals surface area contributed by atoms with E-state index in [1.165, 1.54) is 11.1 Å². The summed E-state index contributed by atoms with van der Waals surface area (Å²) >= 11 is 0. The molecule has 0 aliphatic carbocycles. The molecule has 2 aliphatic rings. The highest BCUT2D eigenvalue weighted by atomic mass is 16.2. The summed E-state index contributed by atoms with van der Waals surface area (Å²) in [4.78, 5) is 17.3. The lowest BCUT2D eigenvalue weighted by atomic mass is 9.76. The first-order valence-corrected chi connectivity index (χ1v) is 12.4. The molecule has 2 saturated heterocycles. The minimum atomic E-state index is 0.103. The Bertz CT molecular complexity index is 1050. The number of piperazine rings is 1. The van der Waals surface area contributed by atoms with Crippen molar-refractivity contribution in [1.29, 1.82) is 0 Å². The van der Waals surface area contributed by atoms with Gasteiger partial charge in [0.2, 0.25) is 0 Å². The van der Waals surface area contributed by atoms with Gasteiger partial charge in [0.05, 0.1) is 11.4 Å². The molecule has 176 valence electrons. The van der Waals surface area contributed by atoms with Gasteiger partial charge in [0.1, 0.15) is 0 Å². The topological polar surface area (TPSA) is 61.6 Å². The molecule has 1 amide bonds. The van der Waals surface area contributed by atoms with E-state index in [2.05, 4.69) is 70.9 Å². The maximum atomic E-state index is 13.0. The minimum Gasteiger partial charge on any atom is -0.397 e. The first kappa shape index (κ1) is 22.5. The molecule has 2 aliphatic heterocycles. The van der Waals surface area contributed by atoms with Crippen LogP contribution in [0.15, 0.2) is 78.9 Å². The van der Waals surface area contributed by atoms with Gasteiger partial charge >= 0.3 is 0 Å². The molecule has 0 bridgehead atoms. The van der Waals surface area contributed by atoms with Gasteiger partial charge in [0.25, 0.3) is 5.91 Å². The third-order valence-corrected chi connectivity index (χ3v) is 7.35. The Labute approximate surface area is 202 Å². The molecule has 3 N–H and O–H groups in total. The standard InChI is InChI=1S/C29H34N4O/c30-26-12-11-25(29(34)33-19-15-31-16-20-33)21-27(26)32-17-13-24(14-18-32)28(22-7-3-1-4-8-22)23-9-5-2-6-10-23/h1-12,21,24,28,31H,13-20,30H2. The number of nitrogens with two attached hydrogens (primary N) is 1. The van der Waals surface area contributed by atoms with Gasteiger partial charge in [-0.1, -0.05) is 60.7 Å². The average molecular weight is 455 g/mol. The van der Waals surface area contributed by atoms with Crippen LogP contribution in [0.4, 0.5) is 11.4 Å². The zero-order valence-electron chi connectivity index (χ0n) is 19.7. The van der Waals surface area contributed by atoms with Crippen LogP contribution in [0.1, 0.15) is 40.2 Å². The van der Waals surface area contributed by atoms with Gasteiger partial charge < -0.3 is 20.9 Å². The van der Waals surface area contributed by atoms with E-state index in [0.29, 0.717) is 11.8 Å². The van der Waals surface area contributed by atoms with Crippen molar-refractivity contribution in [2.24, 2.45) is 5.92 Å². The molecule has 34 heavy (non-hydrogen) atoms. The van der Waals surface area contributed by atoms with Crippen molar-refractivity contribution in [1.82, 2.24) is 10.2 Å². The number of nitrogens with zero attached hydrogens (tertiary/aromatic N) is 2. The number of rotatable bonds is 5. The zero-order chi connectivity index (χ0) is 23.3. The zero-order valence-corrected chi connectivity index (χ0v) is 19.7. The largest absolute Gasteiger partial charge is 0.397 e. The van der Waals surface area contributed by atoms with E-state index in [1.807, 2.05) is 23.1 Å². The van der Waals surface area contributed by atoms with Crippen molar-refractivity contribution in [2.45, 2.75) is 18.8 Å². The van der Waals surface area contributed by atoms with Crippen LogP contribution in [-0.2, 0) is 0 Å². The molecule has 3 aromatic rings. The normalized spacial score (nSPS) is 17.2. The van der Waals surface area contributed by atoms with E-state index in [-0.39, 0.29) is 5.91 Å². The van der Waals surface area contributed by atoms with Crippen LogP contribution in [0.5, 0.6) is 0 Å². The molecular weight excluding hydrogens is 420 g/mol. The fraction of sp³-hybridized carbons (Fsp3) is 0.345. The van der Waals surface area contributed by atoms with Crippen molar-refractivity contribution in [3.8, 4) is 0 Å². The fourth-order valence-corrected chi connectivity index (χ4v) is 5.53. The third kappa shape index (κ3) is 4.80. The van der Waals surface area contributed by atoms with Crippen LogP contribution >= 0.6 is 0 Å². The van der Waals surface area contributed by atoms with E-state index in [1.54, 1.807) is 0 Å². The van der Waals surface area contributed by atoms with Gasteiger partial charge in [-0.25, -0.2) is 0 Å². The minimum absolute atomic E-state index is 0.103. The van der Waals surface area contributed by atoms with Gasteiger partial charge in [-0.15, -0.1) is 0 Å². The lowest BCUT2D eigenvalue weighted by molar-refractivity contribution is 0.0736. The van der Waals surface area contributed by atoms with Crippen LogP contribution < -0.4 is 16.0 Å². The molecule has 0 spiro atoms. The Morgan fingerprint density at radius 2 is 1.41 bits per heavy atom. The smallest absolute Gasteiger partial charge is 0.254 e. The SMILES string of the molecule is Nc1ccc(C(=O)N2CCNCC2)cc1N1CCC(C(c2ccccc2)c2ccccc2)CC1. The summed E-state index contributed by atoms with van der Waals surface area (Å²) in [5.41, 5.74) is 11.6. The highest BCUT2D eigenvalue weighted by molar-refractivity contribution is 5.96. The Kier molecular flexibility index (Phi) is 6.82. The van der Waals surface area contributed by atoms with E-state index in [0.717, 1.165) is 69.0 Å². The highest BCUT2D eigenvalue weighted by Gasteiger charge is 2.30. The predicted octanol–water partition coefficient (Wildman–Crippen LogP) is 4.36. The molecule has 0 unspecified atom stereocenters. The van der Waals surface area contributed by atoms with Crippen molar-refractivity contribution in [2.75, 3.05) is 49.9 Å². The van der Waals surface area contributed by atoms with Crippen molar-refractivity contribution in [3.63, 3.8) is 0 Å². The van der Waals surface area contributed by atoms with Gasteiger partial charge in [-0.05, 0) is 48.1 Å². The third-order valence-electron chi connectivity index (χ3n) is 7.35. The molecule has 0 saturated carbocycles. The van der Waals surface area contributed by atoms with Crippen LogP contribution in [0.3, 0.4) is 0 Å². The number of hydrogen-bond acceptors (Lipinski definition) is 4. The number of hydrogen-bond donors (Lipinski definition) is 2. The van der Waals surface area contributed by atoms with Crippen molar-refractivity contribution < 1.29 is 4.79 Å². The van der Waals surface area contributed by atoms with E-state index < -0.39 is 0 Å². The second kappa shape index (κ2) is 10.3. The monoisotopic (exact) mass is 454 g/mol. The van der Waals surface area contributed by atoms with E-state index in [9.17, 15) is 4.79 Å². The Hall–Kier alpha value is -3.31. The summed E-state index contributed by atoms with van der Waals surface area (Å²) in [5.74, 6) is 1.06. The summed E-state index contributed by atoms with van der Waals surface area (Å²) in [6.45, 7) is 5.09. The number of carbonyl (C=O) groups excluding carboxylic acids is 1. The molecule has 5 nitrogen and oxygen atoms in total. The van der Waals surface area contributed by atoms with E-state index in [4.69, 9.17) is 5.73 Å². The molecule has 0 atom stereocenters. The molecule has 5 rings (SSSR count). The Morgan fingerprint density at radius 3 is 2.00 bits per heavy atom. The second-order valence-corrected chi connectivity index (χ2v) is 9.44. The van der Waals surface area contributed by atoms with Crippen LogP contribution in [0.2, 0.25) is 0 Å². The summed E-state index contributed by atoms with van der Waals surface area (Å²) in [6.07, 6.45) is 2.17. The summed E-state index contributed by atoms with van der Waals surface area (Å²) < 4.78 is 0. The summed E-state index contributed by atoms with van der Waals surface area (Å²) in [6, 6.07) is 27.5. The van der Waals surface area contributed by atoms with Gasteiger partial charge in [0, 0.05) is 50.7 Å². The van der Waals surface area contributed by atoms with Crippen LogP contribution in [0, 0.1) is 5.92 Å². The molecular formula is C29H34N4O.